The molecule has 0 saturated carbocycles. The molecule has 0 aromatic carbocycles. The van der Waals surface area contributed by atoms with Gasteiger partial charge >= 0.3 is 12.1 Å². The SMILES string of the molecule is Cc1nc(NC(=O)OC(C)(C)C)nc(C)c1CCC(=O)O. The van der Waals surface area contributed by atoms with E-state index in [2.05, 4.69) is 15.3 Å². The number of carbonyl (C=O) groups is 2. The van der Waals surface area contributed by atoms with Gasteiger partial charge in [-0.3, -0.25) is 10.1 Å². The van der Waals surface area contributed by atoms with Gasteiger partial charge in [0, 0.05) is 17.8 Å². The fraction of sp³-hybridized carbons (Fsp3) is 0.571. The van der Waals surface area contributed by atoms with E-state index in [9.17, 15) is 9.59 Å². The molecule has 1 rings (SSSR count). The number of nitrogens with one attached hydrogen (secondary N) is 1. The van der Waals surface area contributed by atoms with Gasteiger partial charge in [-0.2, -0.15) is 0 Å². The van der Waals surface area contributed by atoms with Crippen LogP contribution in [0.5, 0.6) is 0 Å². The number of ether oxygens (including phenoxy) is 1. The summed E-state index contributed by atoms with van der Waals surface area (Å²) in [7, 11) is 0. The lowest BCUT2D eigenvalue weighted by Crippen LogP contribution is -2.28. The maximum atomic E-state index is 11.7. The van der Waals surface area contributed by atoms with E-state index in [1.54, 1.807) is 34.6 Å². The van der Waals surface area contributed by atoms with E-state index < -0.39 is 17.7 Å². The Morgan fingerprint density at radius 1 is 1.19 bits per heavy atom. The summed E-state index contributed by atoms with van der Waals surface area (Å²) in [6, 6.07) is 0. The first-order valence-corrected chi connectivity index (χ1v) is 6.64. The minimum Gasteiger partial charge on any atom is -0.481 e. The van der Waals surface area contributed by atoms with E-state index in [0.717, 1.165) is 5.56 Å². The number of carboxylic acid groups (broad SMARTS) is 1. The van der Waals surface area contributed by atoms with Gasteiger partial charge in [0.2, 0.25) is 5.95 Å². The molecule has 0 fully saturated rings. The molecule has 0 aliphatic carbocycles. The Morgan fingerprint density at radius 2 is 1.71 bits per heavy atom. The highest BCUT2D eigenvalue weighted by molar-refractivity contribution is 5.82. The van der Waals surface area contributed by atoms with Crippen LogP contribution in [0.1, 0.15) is 44.1 Å². The summed E-state index contributed by atoms with van der Waals surface area (Å²) in [5, 5.41) is 11.2. The summed E-state index contributed by atoms with van der Waals surface area (Å²) in [6.07, 6.45) is -0.247. The zero-order valence-electron chi connectivity index (χ0n) is 13.0. The number of amides is 1. The maximum absolute atomic E-state index is 11.7. The van der Waals surface area contributed by atoms with Crippen molar-refractivity contribution >= 4 is 18.0 Å². The number of aliphatic carboxylic acids is 1. The number of carbonyl (C=O) groups excluding carboxylic acids is 1. The number of anilines is 1. The van der Waals surface area contributed by atoms with E-state index in [-0.39, 0.29) is 12.4 Å². The van der Waals surface area contributed by atoms with Crippen molar-refractivity contribution in [2.75, 3.05) is 5.32 Å². The summed E-state index contributed by atoms with van der Waals surface area (Å²) in [5.74, 6) is -0.719. The van der Waals surface area contributed by atoms with Gasteiger partial charge in [0.1, 0.15) is 5.60 Å². The molecule has 0 spiro atoms. The first kappa shape index (κ1) is 16.9. The van der Waals surface area contributed by atoms with Crippen LogP contribution in [0.25, 0.3) is 0 Å². The summed E-state index contributed by atoms with van der Waals surface area (Å²) >= 11 is 0. The smallest absolute Gasteiger partial charge is 0.414 e. The molecule has 7 nitrogen and oxygen atoms in total. The third kappa shape index (κ3) is 5.76. The van der Waals surface area contributed by atoms with Crippen molar-refractivity contribution in [1.82, 2.24) is 9.97 Å². The topological polar surface area (TPSA) is 101 Å². The van der Waals surface area contributed by atoms with Gasteiger partial charge in [-0.15, -0.1) is 0 Å². The maximum Gasteiger partial charge on any atom is 0.414 e. The Balaban J connectivity index is 2.83. The Kier molecular flexibility index (Phi) is 5.23. The molecule has 1 amide bonds. The summed E-state index contributed by atoms with van der Waals surface area (Å²) in [6.45, 7) is 8.80. The number of hydrogen-bond acceptors (Lipinski definition) is 5. The Labute approximate surface area is 123 Å². The minimum atomic E-state index is -0.871. The second kappa shape index (κ2) is 6.51. The Bertz CT molecular complexity index is 527. The molecule has 0 aliphatic heterocycles. The number of rotatable bonds is 4. The Hall–Kier alpha value is -2.18. The fourth-order valence-electron chi connectivity index (χ4n) is 1.78. The molecule has 0 saturated heterocycles. The van der Waals surface area contributed by atoms with Crippen LogP contribution in [0.2, 0.25) is 0 Å². The van der Waals surface area contributed by atoms with Crippen molar-refractivity contribution in [2.45, 2.75) is 53.1 Å². The van der Waals surface area contributed by atoms with Crippen molar-refractivity contribution in [3.05, 3.63) is 17.0 Å². The summed E-state index contributed by atoms with van der Waals surface area (Å²) < 4.78 is 5.12. The van der Waals surface area contributed by atoms with E-state index in [0.29, 0.717) is 17.8 Å². The number of aryl methyl sites for hydroxylation is 2. The van der Waals surface area contributed by atoms with Crippen LogP contribution < -0.4 is 5.32 Å². The van der Waals surface area contributed by atoms with Crippen LogP contribution in [-0.4, -0.2) is 32.7 Å². The number of carboxylic acids is 1. The number of aromatic nitrogens is 2. The largest absolute Gasteiger partial charge is 0.481 e. The van der Waals surface area contributed by atoms with Gasteiger partial charge in [-0.05, 0) is 46.6 Å². The van der Waals surface area contributed by atoms with Crippen LogP contribution in [0.4, 0.5) is 10.7 Å². The second-order valence-electron chi connectivity index (χ2n) is 5.72. The lowest BCUT2D eigenvalue weighted by Gasteiger charge is -2.19. The zero-order valence-corrected chi connectivity index (χ0v) is 13.0. The highest BCUT2D eigenvalue weighted by Crippen LogP contribution is 2.15. The summed E-state index contributed by atoms with van der Waals surface area (Å²) in [5.41, 5.74) is 1.48. The highest BCUT2D eigenvalue weighted by atomic mass is 16.6. The quantitative estimate of drug-likeness (QED) is 0.884. The molecule has 0 aliphatic rings. The van der Waals surface area contributed by atoms with Crippen LogP contribution in [0, 0.1) is 13.8 Å². The van der Waals surface area contributed by atoms with Crippen molar-refractivity contribution in [2.24, 2.45) is 0 Å². The molecular weight excluding hydrogens is 274 g/mol. The molecule has 116 valence electrons. The lowest BCUT2D eigenvalue weighted by molar-refractivity contribution is -0.136. The van der Waals surface area contributed by atoms with E-state index in [1.807, 2.05) is 0 Å². The molecule has 7 heteroatoms. The first-order chi connectivity index (χ1) is 9.58. The standard InChI is InChI=1S/C14H21N3O4/c1-8-10(6-7-11(18)19)9(2)16-12(15-8)17-13(20)21-14(3,4)5/h6-7H2,1-5H3,(H,18,19)(H,15,16,17,20). The van der Waals surface area contributed by atoms with Crippen molar-refractivity contribution in [3.63, 3.8) is 0 Å². The molecule has 21 heavy (non-hydrogen) atoms. The van der Waals surface area contributed by atoms with Crippen LogP contribution in [0.3, 0.4) is 0 Å². The predicted molar refractivity (Wildman–Crippen MR) is 77.3 cm³/mol. The summed E-state index contributed by atoms with van der Waals surface area (Å²) in [4.78, 5) is 30.6. The second-order valence-corrected chi connectivity index (χ2v) is 5.72. The normalized spacial score (nSPS) is 11.1. The van der Waals surface area contributed by atoms with Gasteiger partial charge in [0.25, 0.3) is 0 Å². The molecule has 1 aromatic heterocycles. The first-order valence-electron chi connectivity index (χ1n) is 6.64. The van der Waals surface area contributed by atoms with Crippen LogP contribution in [-0.2, 0) is 16.0 Å². The molecule has 1 aromatic rings. The molecule has 0 bridgehead atoms. The van der Waals surface area contributed by atoms with Gasteiger partial charge in [0.15, 0.2) is 0 Å². The van der Waals surface area contributed by atoms with Crippen molar-refractivity contribution < 1.29 is 19.4 Å². The predicted octanol–water partition coefficient (Wildman–Crippen LogP) is 2.46. The lowest BCUT2D eigenvalue weighted by atomic mass is 10.1. The van der Waals surface area contributed by atoms with Gasteiger partial charge in [0.05, 0.1) is 0 Å². The van der Waals surface area contributed by atoms with Crippen molar-refractivity contribution in [3.8, 4) is 0 Å². The fourth-order valence-corrected chi connectivity index (χ4v) is 1.78. The highest BCUT2D eigenvalue weighted by Gasteiger charge is 2.18. The Morgan fingerprint density at radius 3 is 2.14 bits per heavy atom. The zero-order chi connectivity index (χ0) is 16.2. The van der Waals surface area contributed by atoms with E-state index >= 15 is 0 Å². The molecule has 0 unspecified atom stereocenters. The average molecular weight is 295 g/mol. The van der Waals surface area contributed by atoms with Crippen molar-refractivity contribution in [1.29, 1.82) is 0 Å². The monoisotopic (exact) mass is 295 g/mol. The van der Waals surface area contributed by atoms with Gasteiger partial charge < -0.3 is 9.84 Å². The van der Waals surface area contributed by atoms with E-state index in [4.69, 9.17) is 9.84 Å². The minimum absolute atomic E-state index is 0.0177. The molecule has 2 N–H and O–H groups in total. The van der Waals surface area contributed by atoms with Gasteiger partial charge in [-0.1, -0.05) is 0 Å². The van der Waals surface area contributed by atoms with Crippen LogP contribution >= 0.6 is 0 Å². The van der Waals surface area contributed by atoms with E-state index in [1.165, 1.54) is 0 Å². The average Bonchev–Trinajstić information content (AvgIpc) is 2.24. The molecule has 0 radical (unpaired) electrons. The third-order valence-corrected chi connectivity index (χ3v) is 2.62. The third-order valence-electron chi connectivity index (χ3n) is 2.62. The van der Waals surface area contributed by atoms with Gasteiger partial charge in [-0.25, -0.2) is 14.8 Å². The van der Waals surface area contributed by atoms with Crippen LogP contribution in [0.15, 0.2) is 0 Å². The molecule has 1 heterocycles. The molecule has 0 atom stereocenters. The molecular formula is C14H21N3O4. The number of nitrogens with zero attached hydrogens (tertiary/aromatic N) is 2. The number of hydrogen-bond donors (Lipinski definition) is 2.